The fourth-order valence-corrected chi connectivity index (χ4v) is 2.30. The molecular formula is C16H16Cl2N2O. The van der Waals surface area contributed by atoms with Crippen LogP contribution in [0.3, 0.4) is 0 Å². The Morgan fingerprint density at radius 1 is 1.24 bits per heavy atom. The summed E-state index contributed by atoms with van der Waals surface area (Å²) in [6.45, 7) is 3.24. The molecule has 0 aliphatic heterocycles. The number of aromatic nitrogens is 1. The first-order chi connectivity index (χ1) is 10.1. The van der Waals surface area contributed by atoms with E-state index in [0.717, 1.165) is 6.42 Å². The number of nitrogens with zero attached hydrogens (tertiary/aromatic N) is 2. The molecule has 0 radical (unpaired) electrons. The minimum absolute atomic E-state index is 0.0838. The van der Waals surface area contributed by atoms with E-state index < -0.39 is 0 Å². The molecule has 3 nitrogen and oxygen atoms in total. The lowest BCUT2D eigenvalue weighted by atomic mass is 10.1. The van der Waals surface area contributed by atoms with E-state index in [1.807, 2.05) is 25.1 Å². The van der Waals surface area contributed by atoms with Crippen molar-refractivity contribution in [2.45, 2.75) is 13.3 Å². The number of rotatable bonds is 5. The maximum atomic E-state index is 12.4. The third-order valence-electron chi connectivity index (χ3n) is 3.23. The molecule has 1 aromatic carbocycles. The van der Waals surface area contributed by atoms with Crippen LogP contribution in [0.4, 0.5) is 0 Å². The van der Waals surface area contributed by atoms with Gasteiger partial charge in [-0.2, -0.15) is 0 Å². The Labute approximate surface area is 134 Å². The summed E-state index contributed by atoms with van der Waals surface area (Å²) >= 11 is 11.7. The van der Waals surface area contributed by atoms with Crippen LogP contribution in [-0.2, 0) is 6.42 Å². The Balaban J connectivity index is 2.06. The Morgan fingerprint density at radius 2 is 1.95 bits per heavy atom. The van der Waals surface area contributed by atoms with E-state index in [9.17, 15) is 4.79 Å². The van der Waals surface area contributed by atoms with E-state index in [2.05, 4.69) is 17.1 Å². The second kappa shape index (κ2) is 7.43. The largest absolute Gasteiger partial charge is 0.339 e. The van der Waals surface area contributed by atoms with E-state index in [-0.39, 0.29) is 11.1 Å². The number of carbonyl (C=O) groups excluding carboxylic acids is 1. The SMILES string of the molecule is CCN(CCc1ccccc1)C(=O)c1cnc(Cl)c(Cl)c1. The summed E-state index contributed by atoms with van der Waals surface area (Å²) in [5.74, 6) is -0.0838. The second-order valence-corrected chi connectivity index (χ2v) is 5.38. The third kappa shape index (κ3) is 4.19. The molecule has 0 fully saturated rings. The van der Waals surface area contributed by atoms with E-state index in [1.54, 1.807) is 11.0 Å². The van der Waals surface area contributed by atoms with Crippen molar-refractivity contribution in [2.24, 2.45) is 0 Å². The molecule has 0 atom stereocenters. The van der Waals surface area contributed by atoms with Crippen LogP contribution >= 0.6 is 23.2 Å². The number of hydrogen-bond acceptors (Lipinski definition) is 2. The first-order valence-electron chi connectivity index (χ1n) is 6.76. The van der Waals surface area contributed by atoms with Crippen LogP contribution in [-0.4, -0.2) is 28.9 Å². The van der Waals surface area contributed by atoms with Gasteiger partial charge in [0.2, 0.25) is 0 Å². The summed E-state index contributed by atoms with van der Waals surface area (Å²) in [6.07, 6.45) is 2.27. The predicted octanol–water partition coefficient (Wildman–Crippen LogP) is 4.09. The Morgan fingerprint density at radius 3 is 2.57 bits per heavy atom. The molecule has 0 spiro atoms. The summed E-state index contributed by atoms with van der Waals surface area (Å²) in [7, 11) is 0. The Bertz CT molecular complexity index is 617. The van der Waals surface area contributed by atoms with E-state index in [0.29, 0.717) is 23.7 Å². The first-order valence-corrected chi connectivity index (χ1v) is 7.51. The lowest BCUT2D eigenvalue weighted by molar-refractivity contribution is 0.0766. The first kappa shape index (κ1) is 15.8. The highest BCUT2D eigenvalue weighted by atomic mass is 35.5. The van der Waals surface area contributed by atoms with Crippen molar-refractivity contribution in [1.82, 2.24) is 9.88 Å². The van der Waals surface area contributed by atoms with Gasteiger partial charge in [0.25, 0.3) is 5.91 Å². The van der Waals surface area contributed by atoms with E-state index in [1.165, 1.54) is 11.8 Å². The average Bonchev–Trinajstić information content (AvgIpc) is 2.51. The lowest BCUT2D eigenvalue weighted by Gasteiger charge is -2.21. The van der Waals surface area contributed by atoms with Crippen LogP contribution in [0.1, 0.15) is 22.8 Å². The number of likely N-dealkylation sites (N-methyl/N-ethyl adjacent to an activating group) is 1. The molecule has 0 aliphatic carbocycles. The quantitative estimate of drug-likeness (QED) is 0.777. The van der Waals surface area contributed by atoms with Crippen molar-refractivity contribution in [3.63, 3.8) is 0 Å². The number of halogens is 2. The molecule has 1 amide bonds. The standard InChI is InChI=1S/C16H16Cl2N2O/c1-2-20(9-8-12-6-4-3-5-7-12)16(21)13-10-14(17)15(18)19-11-13/h3-7,10-11H,2,8-9H2,1H3. The van der Waals surface area contributed by atoms with Gasteiger partial charge in [0.1, 0.15) is 5.15 Å². The van der Waals surface area contributed by atoms with Gasteiger partial charge in [-0.3, -0.25) is 4.79 Å². The van der Waals surface area contributed by atoms with Crippen LogP contribution in [0, 0.1) is 0 Å². The fourth-order valence-electron chi connectivity index (χ4n) is 2.03. The van der Waals surface area contributed by atoms with Crippen molar-refractivity contribution < 1.29 is 4.79 Å². The van der Waals surface area contributed by atoms with Gasteiger partial charge in [0.05, 0.1) is 10.6 Å². The topological polar surface area (TPSA) is 33.2 Å². The number of benzene rings is 1. The van der Waals surface area contributed by atoms with Gasteiger partial charge >= 0.3 is 0 Å². The average molecular weight is 323 g/mol. The van der Waals surface area contributed by atoms with Crippen molar-refractivity contribution in [1.29, 1.82) is 0 Å². The van der Waals surface area contributed by atoms with Crippen LogP contribution < -0.4 is 0 Å². The maximum absolute atomic E-state index is 12.4. The van der Waals surface area contributed by atoms with E-state index in [4.69, 9.17) is 23.2 Å². The molecule has 5 heteroatoms. The molecule has 1 aromatic heterocycles. The summed E-state index contributed by atoms with van der Waals surface area (Å²) in [5, 5.41) is 0.502. The molecule has 1 heterocycles. The molecule has 0 saturated carbocycles. The zero-order chi connectivity index (χ0) is 15.2. The molecular weight excluding hydrogens is 307 g/mol. The minimum Gasteiger partial charge on any atom is -0.339 e. The minimum atomic E-state index is -0.0838. The highest BCUT2D eigenvalue weighted by Gasteiger charge is 2.15. The molecule has 0 saturated heterocycles. The number of hydrogen-bond donors (Lipinski definition) is 0. The van der Waals surface area contributed by atoms with Gasteiger partial charge in [-0.1, -0.05) is 53.5 Å². The smallest absolute Gasteiger partial charge is 0.255 e. The number of carbonyl (C=O) groups is 1. The van der Waals surface area contributed by atoms with Gasteiger partial charge in [0.15, 0.2) is 0 Å². The Hall–Kier alpha value is -1.58. The van der Waals surface area contributed by atoms with Crippen LogP contribution in [0.25, 0.3) is 0 Å². The molecule has 0 aliphatic rings. The molecule has 110 valence electrons. The van der Waals surface area contributed by atoms with Gasteiger partial charge in [-0.15, -0.1) is 0 Å². The second-order valence-electron chi connectivity index (χ2n) is 4.62. The summed E-state index contributed by atoms with van der Waals surface area (Å²) < 4.78 is 0. The van der Waals surface area contributed by atoms with Crippen LogP contribution in [0.2, 0.25) is 10.2 Å². The summed E-state index contributed by atoms with van der Waals surface area (Å²) in [5.41, 5.74) is 1.66. The monoisotopic (exact) mass is 322 g/mol. The van der Waals surface area contributed by atoms with Crippen molar-refractivity contribution in [3.8, 4) is 0 Å². The van der Waals surface area contributed by atoms with Crippen molar-refractivity contribution >= 4 is 29.1 Å². The molecule has 2 rings (SSSR count). The molecule has 2 aromatic rings. The zero-order valence-corrected chi connectivity index (χ0v) is 13.2. The van der Waals surface area contributed by atoms with Gasteiger partial charge in [0, 0.05) is 19.3 Å². The molecule has 0 N–H and O–H groups in total. The Kier molecular flexibility index (Phi) is 5.59. The van der Waals surface area contributed by atoms with Gasteiger partial charge < -0.3 is 4.90 Å². The number of amides is 1. The van der Waals surface area contributed by atoms with Crippen LogP contribution in [0.15, 0.2) is 42.6 Å². The van der Waals surface area contributed by atoms with Crippen molar-refractivity contribution in [2.75, 3.05) is 13.1 Å². The highest BCUT2D eigenvalue weighted by molar-refractivity contribution is 6.41. The fraction of sp³-hybridized carbons (Fsp3) is 0.250. The summed E-state index contributed by atoms with van der Waals surface area (Å²) in [6, 6.07) is 11.6. The van der Waals surface area contributed by atoms with Crippen LogP contribution in [0.5, 0.6) is 0 Å². The maximum Gasteiger partial charge on any atom is 0.255 e. The van der Waals surface area contributed by atoms with Gasteiger partial charge in [-0.05, 0) is 25.0 Å². The van der Waals surface area contributed by atoms with E-state index >= 15 is 0 Å². The highest BCUT2D eigenvalue weighted by Crippen LogP contribution is 2.20. The third-order valence-corrected chi connectivity index (χ3v) is 3.91. The predicted molar refractivity (Wildman–Crippen MR) is 86.0 cm³/mol. The number of pyridine rings is 1. The molecule has 21 heavy (non-hydrogen) atoms. The molecule has 0 bridgehead atoms. The zero-order valence-electron chi connectivity index (χ0n) is 11.7. The molecule has 0 unspecified atom stereocenters. The normalized spacial score (nSPS) is 10.4. The lowest BCUT2D eigenvalue weighted by Crippen LogP contribution is -2.32. The van der Waals surface area contributed by atoms with Gasteiger partial charge in [-0.25, -0.2) is 4.98 Å². The van der Waals surface area contributed by atoms with Crippen molar-refractivity contribution in [3.05, 3.63) is 63.9 Å². The summed E-state index contributed by atoms with van der Waals surface area (Å²) in [4.78, 5) is 18.1.